The topological polar surface area (TPSA) is 209 Å². The van der Waals surface area contributed by atoms with Crippen LogP contribution in [-0.2, 0) is 44.9 Å². The Bertz CT molecular complexity index is 1730. The average Bonchev–Trinajstić information content (AvgIpc) is 3.21. The first kappa shape index (κ1) is 45.3. The summed E-state index contributed by atoms with van der Waals surface area (Å²) < 4.78 is 0. The van der Waals surface area contributed by atoms with Crippen molar-refractivity contribution in [3.8, 4) is 0 Å². The van der Waals surface area contributed by atoms with Crippen molar-refractivity contribution in [3.05, 3.63) is 144 Å². The van der Waals surface area contributed by atoms with Crippen molar-refractivity contribution in [2.24, 2.45) is 23.3 Å². The Balaban J connectivity index is 1.56. The lowest BCUT2D eigenvalue weighted by atomic mass is 9.90. The minimum Gasteiger partial charge on any atom is -0.388 e. The van der Waals surface area contributed by atoms with E-state index in [1.807, 2.05) is 121 Å². The number of rotatable bonds is 21. The lowest BCUT2D eigenvalue weighted by molar-refractivity contribution is -0.133. The van der Waals surface area contributed by atoms with Crippen LogP contribution in [0.2, 0.25) is 0 Å². The summed E-state index contributed by atoms with van der Waals surface area (Å²) in [6, 6.07) is 31.0. The number of nitrogens with two attached hydrogens (primary N) is 2. The molecule has 0 spiro atoms. The molecule has 8 atom stereocenters. The predicted molar refractivity (Wildman–Crippen MR) is 226 cm³/mol. The molecule has 4 aromatic carbocycles. The average molecular weight is 793 g/mol. The maximum atomic E-state index is 14.0. The second kappa shape index (κ2) is 22.5. The van der Waals surface area contributed by atoms with E-state index in [4.69, 9.17) is 11.5 Å². The summed E-state index contributed by atoms with van der Waals surface area (Å²) in [6.45, 7) is 7.15. The van der Waals surface area contributed by atoms with Gasteiger partial charge >= 0.3 is 0 Å². The van der Waals surface area contributed by atoms with Crippen LogP contribution >= 0.6 is 0 Å². The highest BCUT2D eigenvalue weighted by Crippen LogP contribution is 2.17. The van der Waals surface area contributed by atoms with Crippen molar-refractivity contribution in [3.63, 3.8) is 0 Å². The number of aliphatic hydroxyl groups is 2. The Morgan fingerprint density at radius 2 is 0.690 bits per heavy atom. The number of hydrogen-bond acceptors (Lipinski definition) is 8. The van der Waals surface area contributed by atoms with Gasteiger partial charge in [0.1, 0.15) is 24.3 Å². The Kier molecular flexibility index (Phi) is 17.6. The molecule has 0 fully saturated rings. The summed E-state index contributed by atoms with van der Waals surface area (Å²) in [5.41, 5.74) is 15.8. The highest BCUT2D eigenvalue weighted by molar-refractivity contribution is 5.91. The van der Waals surface area contributed by atoms with E-state index in [0.29, 0.717) is 0 Å². The fourth-order valence-electron chi connectivity index (χ4n) is 6.78. The summed E-state index contributed by atoms with van der Waals surface area (Å²) in [5.74, 6) is -2.86. The molecule has 4 aromatic rings. The minimum absolute atomic E-state index is 0.118. The predicted octanol–water partition coefficient (Wildman–Crippen LogP) is 2.58. The molecule has 0 saturated heterocycles. The quantitative estimate of drug-likeness (QED) is 0.0628. The molecule has 0 aliphatic heterocycles. The molecule has 4 amide bonds. The van der Waals surface area contributed by atoms with Gasteiger partial charge in [-0.25, -0.2) is 0 Å². The number of benzene rings is 4. The number of hydrogen-bond donors (Lipinski definition) is 8. The van der Waals surface area contributed by atoms with Gasteiger partial charge in [0.25, 0.3) is 0 Å². The van der Waals surface area contributed by atoms with E-state index < -0.39 is 72.1 Å². The van der Waals surface area contributed by atoms with Gasteiger partial charge in [0.05, 0.1) is 24.2 Å². The Labute approximate surface area is 342 Å². The number of carbonyl (C=O) groups is 4. The Morgan fingerprint density at radius 3 is 0.948 bits per heavy atom. The minimum atomic E-state index is -1.60. The lowest BCUT2D eigenvalue weighted by Gasteiger charge is -2.35. The number of aliphatic hydroxyl groups excluding tert-OH is 2. The van der Waals surface area contributed by atoms with Crippen LogP contribution in [0.1, 0.15) is 49.9 Å². The van der Waals surface area contributed by atoms with Crippen LogP contribution in [0.4, 0.5) is 0 Å². The van der Waals surface area contributed by atoms with Gasteiger partial charge < -0.3 is 42.9 Å². The first-order valence-corrected chi connectivity index (χ1v) is 20.0. The summed E-state index contributed by atoms with van der Waals surface area (Å²) in [4.78, 5) is 54.6. The second-order valence-electron chi connectivity index (χ2n) is 15.6. The van der Waals surface area contributed by atoms with Crippen LogP contribution in [0.25, 0.3) is 0 Å². The van der Waals surface area contributed by atoms with Gasteiger partial charge in [-0.05, 0) is 59.8 Å². The molecule has 58 heavy (non-hydrogen) atoms. The molecular formula is C46H60N6O6. The van der Waals surface area contributed by atoms with E-state index in [2.05, 4.69) is 21.3 Å². The number of carbonyl (C=O) groups excluding carboxylic acids is 4. The van der Waals surface area contributed by atoms with Crippen molar-refractivity contribution >= 4 is 23.6 Å². The van der Waals surface area contributed by atoms with Crippen LogP contribution in [0.3, 0.4) is 0 Å². The van der Waals surface area contributed by atoms with Gasteiger partial charge in [-0.2, -0.15) is 0 Å². The maximum absolute atomic E-state index is 14.0. The third-order valence-electron chi connectivity index (χ3n) is 10.2. The van der Waals surface area contributed by atoms with Crippen molar-refractivity contribution < 1.29 is 29.4 Å². The molecule has 12 nitrogen and oxygen atoms in total. The van der Waals surface area contributed by atoms with Gasteiger partial charge in [-0.15, -0.1) is 0 Å². The van der Waals surface area contributed by atoms with E-state index in [1.54, 1.807) is 27.7 Å². The van der Waals surface area contributed by atoms with Crippen LogP contribution in [0.5, 0.6) is 0 Å². The third-order valence-corrected chi connectivity index (χ3v) is 10.2. The molecule has 12 heteroatoms. The van der Waals surface area contributed by atoms with Crippen LogP contribution < -0.4 is 32.7 Å². The lowest BCUT2D eigenvalue weighted by Crippen LogP contribution is -2.62. The molecule has 0 bridgehead atoms. The van der Waals surface area contributed by atoms with E-state index in [-0.39, 0.29) is 37.5 Å². The normalized spacial score (nSPS) is 15.6. The Hall–Kier alpha value is -5.40. The van der Waals surface area contributed by atoms with Crippen molar-refractivity contribution in [1.29, 1.82) is 0 Å². The fourth-order valence-corrected chi connectivity index (χ4v) is 6.78. The molecule has 310 valence electrons. The SMILES string of the molecule is CC(C)[C@H](NC(=O)[C@@H](N)Cc1ccccc1)C(=O)N[C@H](Cc1ccccc1)[C@H](O)[C@H](O)[C@@H](Cc1ccccc1)NC(=O)[C@@H](NC(=O)[C@@H](N)Cc1ccccc1)C(C)C. The van der Waals surface area contributed by atoms with Crippen molar-refractivity contribution in [2.75, 3.05) is 0 Å². The van der Waals surface area contributed by atoms with Gasteiger partial charge in [-0.1, -0.05) is 149 Å². The van der Waals surface area contributed by atoms with Crippen LogP contribution in [0.15, 0.2) is 121 Å². The molecule has 0 aliphatic carbocycles. The first-order chi connectivity index (χ1) is 27.7. The summed E-state index contributed by atoms with van der Waals surface area (Å²) in [6.07, 6.45) is -2.42. The maximum Gasteiger partial charge on any atom is 0.243 e. The fraction of sp³-hybridized carbons (Fsp3) is 0.391. The zero-order valence-electron chi connectivity index (χ0n) is 33.8. The smallest absolute Gasteiger partial charge is 0.243 e. The van der Waals surface area contributed by atoms with Gasteiger partial charge in [0.2, 0.25) is 23.6 Å². The standard InChI is InChI=1S/C46H60N6O6/c1-29(2)39(51-43(55)35(47)25-31-17-9-5-10-18-31)45(57)49-37(27-33-21-13-7-14-22-33)41(53)42(54)38(28-34-23-15-8-16-24-34)50-46(58)40(30(3)4)52-44(56)36(48)26-32-19-11-6-12-20-32/h5-24,29-30,35-42,53-54H,25-28,47-48H2,1-4H3,(H,49,57)(H,50,58)(H,51,55)(H,52,56)/t35-,36-,37+,38+,39-,40-,41-,42+/m0/s1. The van der Waals surface area contributed by atoms with E-state index in [9.17, 15) is 29.4 Å². The van der Waals surface area contributed by atoms with Gasteiger partial charge in [0.15, 0.2) is 0 Å². The molecule has 4 rings (SSSR count). The highest BCUT2D eigenvalue weighted by atomic mass is 16.3. The summed E-state index contributed by atoms with van der Waals surface area (Å²) in [7, 11) is 0. The monoisotopic (exact) mass is 792 g/mol. The molecule has 0 saturated carbocycles. The molecule has 0 radical (unpaired) electrons. The summed E-state index contributed by atoms with van der Waals surface area (Å²) >= 11 is 0. The molecule has 0 aliphatic rings. The molecule has 10 N–H and O–H groups in total. The third kappa shape index (κ3) is 13.9. The number of nitrogens with one attached hydrogen (secondary N) is 4. The van der Waals surface area contributed by atoms with E-state index >= 15 is 0 Å². The molecule has 0 aromatic heterocycles. The van der Waals surface area contributed by atoms with Crippen molar-refractivity contribution in [2.45, 2.75) is 102 Å². The second-order valence-corrected chi connectivity index (χ2v) is 15.6. The Morgan fingerprint density at radius 1 is 0.431 bits per heavy atom. The zero-order valence-corrected chi connectivity index (χ0v) is 33.8. The van der Waals surface area contributed by atoms with E-state index in [1.165, 1.54) is 0 Å². The highest BCUT2D eigenvalue weighted by Gasteiger charge is 2.38. The van der Waals surface area contributed by atoms with Gasteiger partial charge in [-0.3, -0.25) is 19.2 Å². The van der Waals surface area contributed by atoms with Crippen molar-refractivity contribution in [1.82, 2.24) is 21.3 Å². The van der Waals surface area contributed by atoms with E-state index in [0.717, 1.165) is 22.3 Å². The molecule has 0 heterocycles. The zero-order chi connectivity index (χ0) is 42.2. The van der Waals surface area contributed by atoms with Crippen LogP contribution in [0, 0.1) is 11.8 Å². The van der Waals surface area contributed by atoms with Crippen LogP contribution in [-0.4, -0.2) is 82.3 Å². The first-order valence-electron chi connectivity index (χ1n) is 20.0. The number of amides is 4. The molecule has 0 unspecified atom stereocenters. The summed E-state index contributed by atoms with van der Waals surface area (Å²) in [5, 5.41) is 35.4. The largest absolute Gasteiger partial charge is 0.388 e. The molecular weight excluding hydrogens is 733 g/mol. The van der Waals surface area contributed by atoms with Gasteiger partial charge in [0, 0.05) is 0 Å².